The van der Waals surface area contributed by atoms with Crippen LogP contribution in [0.15, 0.2) is 76.7 Å². The van der Waals surface area contributed by atoms with Crippen molar-refractivity contribution in [3.63, 3.8) is 0 Å². The summed E-state index contributed by atoms with van der Waals surface area (Å²) in [5.41, 5.74) is 1.59. The van der Waals surface area contributed by atoms with Gasteiger partial charge in [-0.1, -0.05) is 30.3 Å². The molecule has 1 heterocycles. The summed E-state index contributed by atoms with van der Waals surface area (Å²) < 4.78 is 18.6. The molecule has 0 saturated heterocycles. The first-order chi connectivity index (χ1) is 12.7. The molecule has 0 saturated carbocycles. The second-order valence-corrected chi connectivity index (χ2v) is 5.55. The molecule has 1 aromatic heterocycles. The quantitative estimate of drug-likeness (QED) is 0.553. The van der Waals surface area contributed by atoms with E-state index < -0.39 is 5.91 Å². The molecule has 0 aliphatic carbocycles. The number of amides is 1. The average Bonchev–Trinajstić information content (AvgIpc) is 3.14. The maximum atomic E-state index is 13.0. The molecule has 0 fully saturated rings. The first kappa shape index (κ1) is 17.2. The molecule has 1 amide bonds. The van der Waals surface area contributed by atoms with E-state index in [-0.39, 0.29) is 11.4 Å². The molecule has 0 bridgehead atoms. The van der Waals surface area contributed by atoms with Crippen molar-refractivity contribution in [2.45, 2.75) is 6.54 Å². The second-order valence-electron chi connectivity index (χ2n) is 5.55. The lowest BCUT2D eigenvalue weighted by atomic mass is 10.2. The van der Waals surface area contributed by atoms with Gasteiger partial charge >= 0.3 is 0 Å². The van der Waals surface area contributed by atoms with Crippen molar-refractivity contribution in [1.29, 1.82) is 5.26 Å². The number of benzene rings is 2. The standard InChI is InChI=1S/C21H15FN2O2/c22-18-8-6-16(7-9-18)20-11-10-19(26-20)12-17(13-23)21(25)24-14-15-4-2-1-3-5-15/h1-12H,14H2,(H,24,25)/b17-12-. The Morgan fingerprint density at radius 1 is 1.08 bits per heavy atom. The van der Waals surface area contributed by atoms with Crippen LogP contribution in [-0.2, 0) is 11.3 Å². The van der Waals surface area contributed by atoms with Crippen LogP contribution in [0.25, 0.3) is 17.4 Å². The minimum Gasteiger partial charge on any atom is -0.457 e. The first-order valence-electron chi connectivity index (χ1n) is 7.95. The number of carbonyl (C=O) groups is 1. The average molecular weight is 346 g/mol. The maximum Gasteiger partial charge on any atom is 0.262 e. The predicted octanol–water partition coefficient (Wildman–Crippen LogP) is 4.31. The number of hydrogen-bond donors (Lipinski definition) is 1. The largest absolute Gasteiger partial charge is 0.457 e. The maximum absolute atomic E-state index is 13.0. The molecule has 0 aliphatic rings. The predicted molar refractivity (Wildman–Crippen MR) is 96.0 cm³/mol. The minimum atomic E-state index is -0.476. The lowest BCUT2D eigenvalue weighted by molar-refractivity contribution is -0.117. The van der Waals surface area contributed by atoms with Gasteiger partial charge in [0.2, 0.25) is 0 Å². The molecule has 0 aliphatic heterocycles. The molecule has 0 atom stereocenters. The number of hydrogen-bond acceptors (Lipinski definition) is 3. The molecule has 0 spiro atoms. The lowest BCUT2D eigenvalue weighted by Gasteiger charge is -2.03. The second kappa shape index (κ2) is 7.95. The monoisotopic (exact) mass is 346 g/mol. The lowest BCUT2D eigenvalue weighted by Crippen LogP contribution is -2.23. The van der Waals surface area contributed by atoms with Crippen LogP contribution < -0.4 is 5.32 Å². The highest BCUT2D eigenvalue weighted by molar-refractivity contribution is 6.01. The van der Waals surface area contributed by atoms with E-state index in [1.165, 1.54) is 18.2 Å². The number of furan rings is 1. The summed E-state index contributed by atoms with van der Waals surface area (Å²) in [6.07, 6.45) is 1.38. The summed E-state index contributed by atoms with van der Waals surface area (Å²) in [4.78, 5) is 12.2. The SMILES string of the molecule is N#C/C(=C/c1ccc(-c2ccc(F)cc2)o1)C(=O)NCc1ccccc1. The Morgan fingerprint density at radius 2 is 1.81 bits per heavy atom. The van der Waals surface area contributed by atoms with E-state index >= 15 is 0 Å². The third kappa shape index (κ3) is 4.25. The van der Waals surface area contributed by atoms with Gasteiger partial charge in [-0.15, -0.1) is 0 Å². The van der Waals surface area contributed by atoms with Crippen LogP contribution in [0.1, 0.15) is 11.3 Å². The van der Waals surface area contributed by atoms with E-state index in [0.29, 0.717) is 23.6 Å². The molecule has 0 unspecified atom stereocenters. The fourth-order valence-corrected chi connectivity index (χ4v) is 2.36. The molecule has 3 rings (SSSR count). The van der Waals surface area contributed by atoms with Gasteiger partial charge in [0.15, 0.2) is 0 Å². The van der Waals surface area contributed by atoms with Crippen molar-refractivity contribution in [3.05, 3.63) is 89.4 Å². The van der Waals surface area contributed by atoms with Crippen LogP contribution in [0.5, 0.6) is 0 Å². The van der Waals surface area contributed by atoms with Gasteiger partial charge in [-0.2, -0.15) is 5.26 Å². The summed E-state index contributed by atoms with van der Waals surface area (Å²) >= 11 is 0. The fraction of sp³-hybridized carbons (Fsp3) is 0.0476. The highest BCUT2D eigenvalue weighted by Crippen LogP contribution is 2.23. The molecule has 128 valence electrons. The van der Waals surface area contributed by atoms with E-state index in [1.807, 2.05) is 36.4 Å². The zero-order chi connectivity index (χ0) is 18.4. The summed E-state index contributed by atoms with van der Waals surface area (Å²) in [6, 6.07) is 20.5. The van der Waals surface area contributed by atoms with Crippen molar-refractivity contribution in [2.24, 2.45) is 0 Å². The Hall–Kier alpha value is -3.65. The van der Waals surface area contributed by atoms with Gasteiger partial charge in [0.05, 0.1) is 0 Å². The van der Waals surface area contributed by atoms with Crippen molar-refractivity contribution < 1.29 is 13.6 Å². The highest BCUT2D eigenvalue weighted by Gasteiger charge is 2.11. The van der Waals surface area contributed by atoms with Crippen molar-refractivity contribution >= 4 is 12.0 Å². The topological polar surface area (TPSA) is 66.0 Å². The van der Waals surface area contributed by atoms with Crippen LogP contribution in [0.4, 0.5) is 4.39 Å². The summed E-state index contributed by atoms with van der Waals surface area (Å²) in [5, 5.41) is 11.9. The normalized spacial score (nSPS) is 11.0. The molecular formula is C21H15FN2O2. The van der Waals surface area contributed by atoms with Crippen LogP contribution in [-0.4, -0.2) is 5.91 Å². The smallest absolute Gasteiger partial charge is 0.262 e. The fourth-order valence-electron chi connectivity index (χ4n) is 2.36. The van der Waals surface area contributed by atoms with Gasteiger partial charge in [-0.3, -0.25) is 4.79 Å². The van der Waals surface area contributed by atoms with E-state index in [0.717, 1.165) is 5.56 Å². The van der Waals surface area contributed by atoms with E-state index in [2.05, 4.69) is 5.32 Å². The number of nitriles is 1. The van der Waals surface area contributed by atoms with E-state index in [9.17, 15) is 14.4 Å². The van der Waals surface area contributed by atoms with Gasteiger partial charge < -0.3 is 9.73 Å². The molecule has 0 radical (unpaired) electrons. The number of rotatable bonds is 5. The van der Waals surface area contributed by atoms with Gasteiger partial charge in [-0.05, 0) is 42.0 Å². The number of nitrogens with one attached hydrogen (secondary N) is 1. The van der Waals surface area contributed by atoms with Crippen molar-refractivity contribution in [2.75, 3.05) is 0 Å². The van der Waals surface area contributed by atoms with Gasteiger partial charge in [0, 0.05) is 18.2 Å². The third-order valence-electron chi connectivity index (χ3n) is 3.70. The number of nitrogens with zero attached hydrogens (tertiary/aromatic N) is 1. The molecule has 1 N–H and O–H groups in total. The Balaban J connectivity index is 1.71. The van der Waals surface area contributed by atoms with Gasteiger partial charge in [-0.25, -0.2) is 4.39 Å². The minimum absolute atomic E-state index is 0.0547. The first-order valence-corrected chi connectivity index (χ1v) is 7.95. The molecular weight excluding hydrogens is 331 g/mol. The summed E-state index contributed by atoms with van der Waals surface area (Å²) in [6.45, 7) is 0.331. The summed E-state index contributed by atoms with van der Waals surface area (Å²) in [5.74, 6) is 0.0901. The Kier molecular flexibility index (Phi) is 5.25. The van der Waals surface area contributed by atoms with E-state index in [4.69, 9.17) is 4.42 Å². The third-order valence-corrected chi connectivity index (χ3v) is 3.70. The Labute approximate surface area is 150 Å². The van der Waals surface area contributed by atoms with Crippen LogP contribution in [0.3, 0.4) is 0 Å². The van der Waals surface area contributed by atoms with Crippen LogP contribution in [0.2, 0.25) is 0 Å². The van der Waals surface area contributed by atoms with Crippen molar-refractivity contribution in [3.8, 4) is 17.4 Å². The highest BCUT2D eigenvalue weighted by atomic mass is 19.1. The van der Waals surface area contributed by atoms with Crippen molar-refractivity contribution in [1.82, 2.24) is 5.32 Å². The zero-order valence-corrected chi connectivity index (χ0v) is 13.8. The Morgan fingerprint density at radius 3 is 2.50 bits per heavy atom. The molecule has 26 heavy (non-hydrogen) atoms. The van der Waals surface area contributed by atoms with Gasteiger partial charge in [0.25, 0.3) is 5.91 Å². The van der Waals surface area contributed by atoms with Crippen LogP contribution >= 0.6 is 0 Å². The summed E-state index contributed by atoms with van der Waals surface area (Å²) in [7, 11) is 0. The van der Waals surface area contributed by atoms with Crippen LogP contribution in [0, 0.1) is 17.1 Å². The van der Waals surface area contributed by atoms with Gasteiger partial charge in [0.1, 0.15) is 29.0 Å². The molecule has 5 heteroatoms. The molecule has 3 aromatic rings. The zero-order valence-electron chi connectivity index (χ0n) is 13.8. The number of carbonyl (C=O) groups excluding carboxylic acids is 1. The molecule has 4 nitrogen and oxygen atoms in total. The number of halogens is 1. The molecule has 2 aromatic carbocycles. The Bertz CT molecular complexity index is 967. The van der Waals surface area contributed by atoms with E-state index in [1.54, 1.807) is 24.3 Å².